The van der Waals surface area contributed by atoms with Crippen molar-refractivity contribution in [1.29, 1.82) is 0 Å². The van der Waals surface area contributed by atoms with Gasteiger partial charge < -0.3 is 10.5 Å². The van der Waals surface area contributed by atoms with Gasteiger partial charge in [-0.05, 0) is 56.9 Å². The first-order valence-corrected chi connectivity index (χ1v) is 5.95. The molecule has 0 radical (unpaired) electrons. The van der Waals surface area contributed by atoms with Gasteiger partial charge in [-0.2, -0.15) is 0 Å². The van der Waals surface area contributed by atoms with Gasteiger partial charge in [0.25, 0.3) is 0 Å². The van der Waals surface area contributed by atoms with Gasteiger partial charge >= 0.3 is 0 Å². The lowest BCUT2D eigenvalue weighted by Gasteiger charge is -2.22. The Kier molecular flexibility index (Phi) is 4.36. The van der Waals surface area contributed by atoms with Crippen LogP contribution in [0.15, 0.2) is 12.1 Å². The summed E-state index contributed by atoms with van der Waals surface area (Å²) in [6.07, 6.45) is 0.996. The zero-order valence-electron chi connectivity index (χ0n) is 11.0. The second-order valence-corrected chi connectivity index (χ2v) is 4.60. The minimum Gasteiger partial charge on any atom is -0.489 e. The molecular formula is C14H23NO. The molecule has 0 saturated heterocycles. The Morgan fingerprint density at radius 2 is 1.88 bits per heavy atom. The van der Waals surface area contributed by atoms with Crippen LogP contribution < -0.4 is 10.5 Å². The molecule has 0 aliphatic heterocycles. The molecule has 0 fully saturated rings. The summed E-state index contributed by atoms with van der Waals surface area (Å²) in [6.45, 7) is 10.4. The standard InChI is InChI=1S/C14H23NO/c1-6-13(15)12(5)16-14-8-9(2)7-10(3)11(14)4/h7-8,12-13H,6,15H2,1-5H3. The molecule has 0 bridgehead atoms. The summed E-state index contributed by atoms with van der Waals surface area (Å²) in [7, 11) is 0. The Hall–Kier alpha value is -1.02. The Balaban J connectivity index is 2.88. The molecule has 0 aliphatic rings. The molecule has 2 atom stereocenters. The first kappa shape index (κ1) is 13.0. The van der Waals surface area contributed by atoms with E-state index in [0.717, 1.165) is 12.2 Å². The van der Waals surface area contributed by atoms with Crippen molar-refractivity contribution in [2.75, 3.05) is 0 Å². The van der Waals surface area contributed by atoms with Crippen LogP contribution >= 0.6 is 0 Å². The summed E-state index contributed by atoms with van der Waals surface area (Å²) in [5, 5.41) is 0. The first-order chi connectivity index (χ1) is 7.45. The van der Waals surface area contributed by atoms with E-state index in [1.54, 1.807) is 0 Å². The van der Waals surface area contributed by atoms with Crippen LogP contribution in [-0.4, -0.2) is 12.1 Å². The maximum atomic E-state index is 5.97. The normalized spacial score (nSPS) is 14.6. The van der Waals surface area contributed by atoms with Gasteiger partial charge in [0.05, 0.1) is 0 Å². The van der Waals surface area contributed by atoms with Crippen molar-refractivity contribution in [2.45, 2.75) is 53.2 Å². The van der Waals surface area contributed by atoms with Crippen molar-refractivity contribution in [3.63, 3.8) is 0 Å². The smallest absolute Gasteiger partial charge is 0.123 e. The van der Waals surface area contributed by atoms with Crippen molar-refractivity contribution in [1.82, 2.24) is 0 Å². The third-order valence-corrected chi connectivity index (χ3v) is 3.15. The maximum Gasteiger partial charge on any atom is 0.123 e. The summed E-state index contributed by atoms with van der Waals surface area (Å²) in [6, 6.07) is 4.36. The van der Waals surface area contributed by atoms with E-state index in [1.807, 2.05) is 6.92 Å². The minimum atomic E-state index is 0.0601. The highest BCUT2D eigenvalue weighted by Crippen LogP contribution is 2.24. The number of nitrogens with two attached hydrogens (primary N) is 1. The molecule has 0 amide bonds. The zero-order valence-corrected chi connectivity index (χ0v) is 11.0. The van der Waals surface area contributed by atoms with Crippen LogP contribution in [0, 0.1) is 20.8 Å². The molecule has 0 aliphatic carbocycles. The molecule has 1 rings (SSSR count). The van der Waals surface area contributed by atoms with Crippen molar-refractivity contribution in [3.05, 3.63) is 28.8 Å². The Morgan fingerprint density at radius 1 is 1.25 bits per heavy atom. The van der Waals surface area contributed by atoms with Crippen molar-refractivity contribution >= 4 is 0 Å². The predicted molar refractivity (Wildman–Crippen MR) is 69.0 cm³/mol. The number of rotatable bonds is 4. The molecular weight excluding hydrogens is 198 g/mol. The van der Waals surface area contributed by atoms with E-state index < -0.39 is 0 Å². The fourth-order valence-corrected chi connectivity index (χ4v) is 1.74. The molecule has 0 spiro atoms. The molecule has 0 heterocycles. The monoisotopic (exact) mass is 221 g/mol. The Morgan fingerprint density at radius 3 is 2.44 bits per heavy atom. The number of aryl methyl sites for hydroxylation is 2. The highest BCUT2D eigenvalue weighted by molar-refractivity contribution is 5.42. The topological polar surface area (TPSA) is 35.2 Å². The summed E-state index contributed by atoms with van der Waals surface area (Å²) >= 11 is 0. The van der Waals surface area contributed by atoms with E-state index in [9.17, 15) is 0 Å². The van der Waals surface area contributed by atoms with Crippen molar-refractivity contribution in [2.24, 2.45) is 5.73 Å². The lowest BCUT2D eigenvalue weighted by molar-refractivity contribution is 0.186. The molecule has 2 heteroatoms. The van der Waals surface area contributed by atoms with E-state index in [1.165, 1.54) is 16.7 Å². The highest BCUT2D eigenvalue weighted by Gasteiger charge is 2.14. The highest BCUT2D eigenvalue weighted by atomic mass is 16.5. The second kappa shape index (κ2) is 5.35. The molecule has 0 aromatic heterocycles. The SMILES string of the molecule is CCC(N)C(C)Oc1cc(C)cc(C)c1C. The van der Waals surface area contributed by atoms with Crippen molar-refractivity contribution in [3.8, 4) is 5.75 Å². The van der Waals surface area contributed by atoms with Gasteiger partial charge in [0.1, 0.15) is 11.9 Å². The van der Waals surface area contributed by atoms with Gasteiger partial charge in [-0.1, -0.05) is 13.0 Å². The van der Waals surface area contributed by atoms with Gasteiger partial charge in [-0.15, -0.1) is 0 Å². The maximum absolute atomic E-state index is 5.97. The van der Waals surface area contributed by atoms with Gasteiger partial charge in [-0.3, -0.25) is 0 Å². The second-order valence-electron chi connectivity index (χ2n) is 4.60. The van der Waals surface area contributed by atoms with Crippen molar-refractivity contribution < 1.29 is 4.74 Å². The average molecular weight is 221 g/mol. The molecule has 16 heavy (non-hydrogen) atoms. The van der Waals surface area contributed by atoms with E-state index in [0.29, 0.717) is 0 Å². The summed E-state index contributed by atoms with van der Waals surface area (Å²) < 4.78 is 5.93. The van der Waals surface area contributed by atoms with E-state index in [4.69, 9.17) is 10.5 Å². The summed E-state index contributed by atoms with van der Waals surface area (Å²) in [5.41, 5.74) is 9.68. The van der Waals surface area contributed by atoms with E-state index >= 15 is 0 Å². The molecule has 1 aromatic rings. The van der Waals surface area contributed by atoms with Gasteiger partial charge in [0, 0.05) is 6.04 Å². The number of benzene rings is 1. The zero-order chi connectivity index (χ0) is 12.3. The lowest BCUT2D eigenvalue weighted by Crippen LogP contribution is -2.36. The van der Waals surface area contributed by atoms with Crippen LogP contribution in [0.5, 0.6) is 5.75 Å². The van der Waals surface area contributed by atoms with Gasteiger partial charge in [0.2, 0.25) is 0 Å². The van der Waals surface area contributed by atoms with Gasteiger partial charge in [-0.25, -0.2) is 0 Å². The largest absolute Gasteiger partial charge is 0.489 e. The van der Waals surface area contributed by atoms with Crippen LogP contribution in [0.2, 0.25) is 0 Å². The van der Waals surface area contributed by atoms with Crippen LogP contribution in [0.4, 0.5) is 0 Å². The van der Waals surface area contributed by atoms with Gasteiger partial charge in [0.15, 0.2) is 0 Å². The fraction of sp³-hybridized carbons (Fsp3) is 0.571. The summed E-state index contributed by atoms with van der Waals surface area (Å²) in [5.74, 6) is 0.967. The lowest BCUT2D eigenvalue weighted by atomic mass is 10.1. The van der Waals surface area contributed by atoms with Crippen LogP contribution in [-0.2, 0) is 0 Å². The predicted octanol–water partition coefficient (Wildman–Crippen LogP) is 3.12. The van der Waals surface area contributed by atoms with E-state index in [2.05, 4.69) is 39.8 Å². The molecule has 90 valence electrons. The number of ether oxygens (including phenoxy) is 1. The van der Waals surface area contributed by atoms with Crippen LogP contribution in [0.25, 0.3) is 0 Å². The average Bonchev–Trinajstić information content (AvgIpc) is 2.23. The number of hydrogen-bond acceptors (Lipinski definition) is 2. The number of hydrogen-bond donors (Lipinski definition) is 1. The molecule has 2 unspecified atom stereocenters. The minimum absolute atomic E-state index is 0.0601. The third-order valence-electron chi connectivity index (χ3n) is 3.15. The van der Waals surface area contributed by atoms with Crippen LogP contribution in [0.3, 0.4) is 0 Å². The fourth-order valence-electron chi connectivity index (χ4n) is 1.74. The summed E-state index contributed by atoms with van der Waals surface area (Å²) in [4.78, 5) is 0. The first-order valence-electron chi connectivity index (χ1n) is 5.95. The quantitative estimate of drug-likeness (QED) is 0.848. The van der Waals surface area contributed by atoms with Crippen LogP contribution in [0.1, 0.15) is 37.0 Å². The van der Waals surface area contributed by atoms with E-state index in [-0.39, 0.29) is 12.1 Å². The molecule has 2 N–H and O–H groups in total. The molecule has 2 nitrogen and oxygen atoms in total. The Labute approximate surface area is 98.8 Å². The molecule has 0 saturated carbocycles. The molecule has 1 aromatic carbocycles. The third kappa shape index (κ3) is 2.99. The Bertz CT molecular complexity index is 360.